The topological polar surface area (TPSA) is 99.8 Å². The lowest BCUT2D eigenvalue weighted by Gasteiger charge is -2.16. The fourth-order valence-electron chi connectivity index (χ4n) is 2.98. The lowest BCUT2D eigenvalue weighted by molar-refractivity contribution is 0.102. The van der Waals surface area contributed by atoms with Crippen LogP contribution in [-0.2, 0) is 7.05 Å². The monoisotopic (exact) mass is 353 g/mol. The van der Waals surface area contributed by atoms with Crippen LogP contribution >= 0.6 is 0 Å². The molecule has 0 radical (unpaired) electrons. The zero-order valence-electron chi connectivity index (χ0n) is 14.6. The summed E-state index contributed by atoms with van der Waals surface area (Å²) in [7, 11) is 1.75. The zero-order valence-corrected chi connectivity index (χ0v) is 14.6. The number of aromatic nitrogens is 6. The zero-order chi connectivity index (χ0) is 18.1. The van der Waals surface area contributed by atoms with Gasteiger partial charge in [-0.05, 0) is 31.9 Å². The first kappa shape index (κ1) is 16.2. The number of pyridine rings is 1. The molecule has 1 atom stereocenters. The summed E-state index contributed by atoms with van der Waals surface area (Å²) in [6, 6.07) is 5.60. The Morgan fingerprint density at radius 3 is 3.12 bits per heavy atom. The van der Waals surface area contributed by atoms with E-state index in [4.69, 9.17) is 4.74 Å². The van der Waals surface area contributed by atoms with E-state index in [-0.39, 0.29) is 11.9 Å². The van der Waals surface area contributed by atoms with Gasteiger partial charge in [-0.3, -0.25) is 9.48 Å². The molecule has 4 heterocycles. The summed E-state index contributed by atoms with van der Waals surface area (Å²) in [5, 5.41) is 15.3. The minimum absolute atomic E-state index is 0.190. The molecule has 1 N–H and O–H groups in total. The largest absolute Gasteiger partial charge is 0.476 e. The Labute approximate surface area is 150 Å². The number of hydrogen-bond acceptors (Lipinski definition) is 6. The number of aryl methyl sites for hydroxylation is 1. The average molecular weight is 353 g/mol. The van der Waals surface area contributed by atoms with Gasteiger partial charge in [0.1, 0.15) is 23.4 Å². The standard InChI is InChI=1S/C17H19N7O2/c1-11-5-4-8-26-17-12(9-23(2)22-17)16(25)20-14-7-3-6-13(19-14)15-21-18-10-24(11)15/h3,6-7,9-11H,4-5,8H2,1-2H3,(H,19,20,25)/t11-/m0/s1. The third kappa shape index (κ3) is 3.03. The van der Waals surface area contributed by atoms with Gasteiger partial charge >= 0.3 is 0 Å². The van der Waals surface area contributed by atoms with Crippen LogP contribution in [0.3, 0.4) is 0 Å². The van der Waals surface area contributed by atoms with Gasteiger partial charge in [0, 0.05) is 19.3 Å². The van der Waals surface area contributed by atoms with E-state index in [1.807, 2.05) is 16.7 Å². The molecular weight excluding hydrogens is 334 g/mol. The van der Waals surface area contributed by atoms with Crippen molar-refractivity contribution in [1.29, 1.82) is 0 Å². The van der Waals surface area contributed by atoms with Crippen molar-refractivity contribution >= 4 is 11.7 Å². The van der Waals surface area contributed by atoms with Crippen LogP contribution in [0.1, 0.15) is 36.2 Å². The first-order chi connectivity index (χ1) is 12.6. The molecular formula is C17H19N7O2. The number of nitrogens with one attached hydrogen (secondary N) is 1. The van der Waals surface area contributed by atoms with Gasteiger partial charge in [0.05, 0.1) is 6.61 Å². The van der Waals surface area contributed by atoms with Gasteiger partial charge in [-0.1, -0.05) is 6.07 Å². The van der Waals surface area contributed by atoms with Crippen molar-refractivity contribution in [2.75, 3.05) is 11.9 Å². The van der Waals surface area contributed by atoms with E-state index in [1.54, 1.807) is 30.3 Å². The second-order valence-corrected chi connectivity index (χ2v) is 6.29. The van der Waals surface area contributed by atoms with Crippen LogP contribution < -0.4 is 10.1 Å². The van der Waals surface area contributed by atoms with Gasteiger partial charge in [0.15, 0.2) is 5.82 Å². The second-order valence-electron chi connectivity index (χ2n) is 6.29. The molecule has 1 amide bonds. The number of amides is 1. The van der Waals surface area contributed by atoms with E-state index in [9.17, 15) is 4.79 Å². The summed E-state index contributed by atoms with van der Waals surface area (Å²) >= 11 is 0. The summed E-state index contributed by atoms with van der Waals surface area (Å²) in [4.78, 5) is 17.1. The maximum absolute atomic E-state index is 12.6. The van der Waals surface area contributed by atoms with E-state index in [0.29, 0.717) is 35.4 Å². The molecule has 9 nitrogen and oxygen atoms in total. The molecule has 3 aromatic rings. The van der Waals surface area contributed by atoms with Crippen molar-refractivity contribution in [3.05, 3.63) is 36.3 Å². The molecule has 26 heavy (non-hydrogen) atoms. The Hall–Kier alpha value is -3.23. The molecule has 3 aromatic heterocycles. The molecule has 0 aromatic carbocycles. The van der Waals surface area contributed by atoms with E-state index in [2.05, 4.69) is 32.5 Å². The molecule has 0 spiro atoms. The molecule has 0 unspecified atom stereocenters. The summed E-state index contributed by atoms with van der Waals surface area (Å²) < 4.78 is 9.30. The molecule has 0 saturated heterocycles. The van der Waals surface area contributed by atoms with Crippen LogP contribution in [-0.4, -0.2) is 42.0 Å². The van der Waals surface area contributed by atoms with Gasteiger partial charge in [-0.25, -0.2) is 4.98 Å². The molecule has 2 bridgehead atoms. The number of nitrogens with zero attached hydrogens (tertiary/aromatic N) is 6. The molecule has 134 valence electrons. The third-order valence-electron chi connectivity index (χ3n) is 4.31. The third-order valence-corrected chi connectivity index (χ3v) is 4.31. The van der Waals surface area contributed by atoms with Crippen LogP contribution in [0.2, 0.25) is 0 Å². The average Bonchev–Trinajstić information content (AvgIpc) is 3.25. The van der Waals surface area contributed by atoms with E-state index < -0.39 is 0 Å². The fourth-order valence-corrected chi connectivity index (χ4v) is 2.98. The van der Waals surface area contributed by atoms with Crippen molar-refractivity contribution < 1.29 is 9.53 Å². The highest BCUT2D eigenvalue weighted by molar-refractivity contribution is 6.05. The van der Waals surface area contributed by atoms with Gasteiger partial charge in [-0.15, -0.1) is 15.3 Å². The van der Waals surface area contributed by atoms with Crippen LogP contribution in [0.5, 0.6) is 5.88 Å². The van der Waals surface area contributed by atoms with Crippen LogP contribution in [0.4, 0.5) is 5.82 Å². The predicted molar refractivity (Wildman–Crippen MR) is 93.9 cm³/mol. The van der Waals surface area contributed by atoms with Gasteiger partial charge < -0.3 is 14.6 Å². The molecule has 0 fully saturated rings. The highest BCUT2D eigenvalue weighted by Gasteiger charge is 2.20. The minimum Gasteiger partial charge on any atom is -0.476 e. The summed E-state index contributed by atoms with van der Waals surface area (Å²) in [6.45, 7) is 2.58. The molecule has 4 rings (SSSR count). The van der Waals surface area contributed by atoms with Crippen LogP contribution in [0, 0.1) is 0 Å². The van der Waals surface area contributed by atoms with Crippen molar-refractivity contribution in [3.63, 3.8) is 0 Å². The molecule has 1 aliphatic rings. The lowest BCUT2D eigenvalue weighted by atomic mass is 10.2. The van der Waals surface area contributed by atoms with Gasteiger partial charge in [-0.2, -0.15) is 0 Å². The quantitative estimate of drug-likeness (QED) is 0.664. The van der Waals surface area contributed by atoms with Crippen LogP contribution in [0.15, 0.2) is 30.7 Å². The number of hydrogen-bond donors (Lipinski definition) is 1. The second kappa shape index (κ2) is 6.58. The van der Waals surface area contributed by atoms with Gasteiger partial charge in [0.25, 0.3) is 5.91 Å². The Bertz CT molecular complexity index is 946. The number of ether oxygens (including phenoxy) is 1. The highest BCUT2D eigenvalue weighted by Crippen LogP contribution is 2.24. The number of anilines is 1. The minimum atomic E-state index is -0.315. The van der Waals surface area contributed by atoms with Crippen LogP contribution in [0.25, 0.3) is 11.5 Å². The molecule has 0 saturated carbocycles. The normalized spacial score (nSPS) is 17.5. The predicted octanol–water partition coefficient (Wildman–Crippen LogP) is 2.06. The first-order valence-electron chi connectivity index (χ1n) is 8.46. The van der Waals surface area contributed by atoms with Crippen molar-refractivity contribution in [1.82, 2.24) is 29.5 Å². The molecule has 0 aliphatic carbocycles. The Balaban J connectivity index is 1.76. The highest BCUT2D eigenvalue weighted by atomic mass is 16.5. The maximum Gasteiger partial charge on any atom is 0.263 e. The van der Waals surface area contributed by atoms with E-state index >= 15 is 0 Å². The number of carbonyl (C=O) groups excluding carboxylic acids is 1. The Morgan fingerprint density at radius 1 is 1.35 bits per heavy atom. The fraction of sp³-hybridized carbons (Fsp3) is 0.353. The SMILES string of the molecule is C[C@H]1CCCOc2nn(C)cc2C(=O)Nc2cccc(n2)-c2nncn21. The van der Waals surface area contributed by atoms with E-state index in [1.165, 1.54) is 0 Å². The van der Waals surface area contributed by atoms with Crippen molar-refractivity contribution in [2.24, 2.45) is 7.05 Å². The van der Waals surface area contributed by atoms with Crippen molar-refractivity contribution in [2.45, 2.75) is 25.8 Å². The smallest absolute Gasteiger partial charge is 0.263 e. The maximum atomic E-state index is 12.6. The number of rotatable bonds is 0. The summed E-state index contributed by atoms with van der Waals surface area (Å²) in [5.41, 5.74) is 1.04. The van der Waals surface area contributed by atoms with Crippen molar-refractivity contribution in [3.8, 4) is 17.4 Å². The van der Waals surface area contributed by atoms with E-state index in [0.717, 1.165) is 12.8 Å². The number of carbonyl (C=O) groups is 1. The summed E-state index contributed by atoms with van der Waals surface area (Å²) in [5.74, 6) is 1.12. The Kier molecular flexibility index (Phi) is 4.11. The lowest BCUT2D eigenvalue weighted by Crippen LogP contribution is -2.15. The van der Waals surface area contributed by atoms with Gasteiger partial charge in [0.2, 0.25) is 5.88 Å². The first-order valence-corrected chi connectivity index (χ1v) is 8.46. The molecule has 1 aliphatic heterocycles. The number of fused-ring (bicyclic) bond motifs is 5. The Morgan fingerprint density at radius 2 is 2.23 bits per heavy atom. The molecule has 9 heteroatoms. The summed E-state index contributed by atoms with van der Waals surface area (Å²) in [6.07, 6.45) is 5.03.